The Morgan fingerprint density at radius 2 is 1.85 bits per heavy atom. The smallest absolute Gasteiger partial charge is 0.137 e. The van der Waals surface area contributed by atoms with Gasteiger partial charge in [-0.3, -0.25) is 4.68 Å². The first kappa shape index (κ1) is 20.0. The monoisotopic (exact) mass is 423 g/mol. The lowest BCUT2D eigenvalue weighted by Crippen LogP contribution is -2.12. The predicted octanol–water partition coefficient (Wildman–Crippen LogP) is 6.19. The maximum atomic E-state index is 6.44. The summed E-state index contributed by atoms with van der Waals surface area (Å²) in [5.74, 6) is 1.04. The molecule has 1 atom stereocenters. The number of aryl methyl sites for hydroxylation is 1. The molecule has 2 aromatic carbocycles. The molecule has 0 saturated carbocycles. The Morgan fingerprint density at radius 3 is 2.56 bits per heavy atom. The second-order valence-electron chi connectivity index (χ2n) is 6.38. The van der Waals surface area contributed by atoms with Crippen LogP contribution in [0.25, 0.3) is 0 Å². The molecule has 0 radical (unpaired) electrons. The Morgan fingerprint density at radius 1 is 1.07 bits per heavy atom. The van der Waals surface area contributed by atoms with Crippen LogP contribution in [0.1, 0.15) is 29.9 Å². The van der Waals surface area contributed by atoms with Gasteiger partial charge in [0, 0.05) is 27.5 Å². The van der Waals surface area contributed by atoms with E-state index in [-0.39, 0.29) is 5.92 Å². The lowest BCUT2D eigenvalue weighted by Gasteiger charge is -2.19. The first-order chi connectivity index (χ1) is 13.0. The van der Waals surface area contributed by atoms with E-state index >= 15 is 0 Å². The van der Waals surface area contributed by atoms with Gasteiger partial charge in [0.05, 0.1) is 6.61 Å². The quantitative estimate of drug-likeness (QED) is 0.405. The predicted molar refractivity (Wildman–Crippen MR) is 110 cm³/mol. The van der Waals surface area contributed by atoms with Gasteiger partial charge < -0.3 is 4.74 Å². The number of nitrogens with zero attached hydrogens (tertiary/aromatic N) is 3. The van der Waals surface area contributed by atoms with E-state index in [9.17, 15) is 0 Å². The molecular formula is C20H20Cl3N3O. The van der Waals surface area contributed by atoms with Gasteiger partial charge in [0.25, 0.3) is 0 Å². The van der Waals surface area contributed by atoms with Crippen LogP contribution in [-0.2, 0) is 6.54 Å². The summed E-state index contributed by atoms with van der Waals surface area (Å²) < 4.78 is 7.73. The van der Waals surface area contributed by atoms with Crippen molar-refractivity contribution >= 4 is 34.8 Å². The van der Waals surface area contributed by atoms with E-state index in [0.717, 1.165) is 29.7 Å². The van der Waals surface area contributed by atoms with Gasteiger partial charge in [-0.05, 0) is 61.2 Å². The van der Waals surface area contributed by atoms with Crippen LogP contribution in [0.5, 0.6) is 5.75 Å². The van der Waals surface area contributed by atoms with E-state index in [2.05, 4.69) is 10.1 Å². The number of benzene rings is 2. The summed E-state index contributed by atoms with van der Waals surface area (Å²) in [5, 5.41) is 6.23. The van der Waals surface area contributed by atoms with Crippen LogP contribution < -0.4 is 4.74 Å². The highest BCUT2D eigenvalue weighted by Gasteiger charge is 2.16. The van der Waals surface area contributed by atoms with Gasteiger partial charge in [-0.1, -0.05) is 40.9 Å². The highest BCUT2D eigenvalue weighted by atomic mass is 35.5. The lowest BCUT2D eigenvalue weighted by atomic mass is 9.94. The SMILES string of the molecule is Cc1cc(Cl)ccc1OCCCC(Cn1cncn1)c1ccc(Cl)cc1Cl. The molecule has 7 heteroatoms. The van der Waals surface area contributed by atoms with E-state index < -0.39 is 0 Å². The fourth-order valence-electron chi connectivity index (χ4n) is 3.02. The van der Waals surface area contributed by atoms with Crippen molar-refractivity contribution in [2.75, 3.05) is 6.61 Å². The highest BCUT2D eigenvalue weighted by Crippen LogP contribution is 2.32. The van der Waals surface area contributed by atoms with Crippen LogP contribution in [-0.4, -0.2) is 21.4 Å². The van der Waals surface area contributed by atoms with E-state index in [1.54, 1.807) is 12.4 Å². The first-order valence-electron chi connectivity index (χ1n) is 8.69. The summed E-state index contributed by atoms with van der Waals surface area (Å²) in [7, 11) is 0. The van der Waals surface area contributed by atoms with Gasteiger partial charge in [0.2, 0.25) is 0 Å². The van der Waals surface area contributed by atoms with Crippen molar-refractivity contribution in [1.29, 1.82) is 0 Å². The van der Waals surface area contributed by atoms with Crippen molar-refractivity contribution < 1.29 is 4.74 Å². The van der Waals surface area contributed by atoms with Crippen LogP contribution >= 0.6 is 34.8 Å². The van der Waals surface area contributed by atoms with E-state index in [1.807, 2.05) is 41.9 Å². The summed E-state index contributed by atoms with van der Waals surface area (Å²) in [6.45, 7) is 3.30. The number of ether oxygens (including phenoxy) is 1. The second kappa shape index (κ2) is 9.45. The molecule has 0 saturated heterocycles. The Labute approximate surface area is 174 Å². The van der Waals surface area contributed by atoms with Gasteiger partial charge in [0.1, 0.15) is 18.4 Å². The molecular weight excluding hydrogens is 405 g/mol. The fourth-order valence-corrected chi connectivity index (χ4v) is 3.81. The summed E-state index contributed by atoms with van der Waals surface area (Å²) in [6.07, 6.45) is 5.02. The average molecular weight is 425 g/mol. The summed E-state index contributed by atoms with van der Waals surface area (Å²) in [5.41, 5.74) is 2.08. The minimum Gasteiger partial charge on any atom is -0.493 e. The molecule has 0 bridgehead atoms. The maximum Gasteiger partial charge on any atom is 0.137 e. The second-order valence-corrected chi connectivity index (χ2v) is 7.66. The third-order valence-electron chi connectivity index (χ3n) is 4.37. The Bertz CT molecular complexity index is 884. The van der Waals surface area contributed by atoms with E-state index in [0.29, 0.717) is 28.2 Å². The number of hydrogen-bond acceptors (Lipinski definition) is 3. The minimum absolute atomic E-state index is 0.186. The molecule has 0 spiro atoms. The number of hydrogen-bond donors (Lipinski definition) is 0. The molecule has 0 fully saturated rings. The van der Waals surface area contributed by atoms with Crippen LogP contribution in [0.2, 0.25) is 15.1 Å². The molecule has 4 nitrogen and oxygen atoms in total. The summed E-state index contributed by atoms with van der Waals surface area (Å²) >= 11 is 18.5. The first-order valence-corrected chi connectivity index (χ1v) is 9.82. The molecule has 0 aliphatic heterocycles. The number of halogens is 3. The summed E-state index contributed by atoms with van der Waals surface area (Å²) in [4.78, 5) is 4.02. The van der Waals surface area contributed by atoms with E-state index in [4.69, 9.17) is 39.5 Å². The molecule has 0 aliphatic carbocycles. The lowest BCUT2D eigenvalue weighted by molar-refractivity contribution is 0.295. The van der Waals surface area contributed by atoms with Crippen LogP contribution in [0, 0.1) is 6.92 Å². The topological polar surface area (TPSA) is 39.9 Å². The Hall–Kier alpha value is -1.75. The Kier molecular flexibility index (Phi) is 7.00. The normalized spacial score (nSPS) is 12.1. The van der Waals surface area contributed by atoms with Crippen LogP contribution in [0.15, 0.2) is 49.1 Å². The zero-order valence-corrected chi connectivity index (χ0v) is 17.2. The van der Waals surface area contributed by atoms with Crippen molar-refractivity contribution in [1.82, 2.24) is 14.8 Å². The van der Waals surface area contributed by atoms with Gasteiger partial charge in [0.15, 0.2) is 0 Å². The third-order valence-corrected chi connectivity index (χ3v) is 5.17. The molecule has 0 aliphatic rings. The van der Waals surface area contributed by atoms with Gasteiger partial charge >= 0.3 is 0 Å². The minimum atomic E-state index is 0.186. The maximum absolute atomic E-state index is 6.44. The highest BCUT2D eigenvalue weighted by molar-refractivity contribution is 6.35. The van der Waals surface area contributed by atoms with Gasteiger partial charge in [-0.15, -0.1) is 0 Å². The largest absolute Gasteiger partial charge is 0.493 e. The molecule has 0 amide bonds. The van der Waals surface area contributed by atoms with Crippen molar-refractivity contribution in [3.05, 3.63) is 75.2 Å². The average Bonchev–Trinajstić information content (AvgIpc) is 3.12. The third kappa shape index (κ3) is 5.61. The molecule has 3 aromatic rings. The van der Waals surface area contributed by atoms with Crippen LogP contribution in [0.4, 0.5) is 0 Å². The molecule has 142 valence electrons. The molecule has 0 N–H and O–H groups in total. The van der Waals surface area contributed by atoms with E-state index in [1.165, 1.54) is 6.33 Å². The molecule has 3 rings (SSSR count). The standard InChI is InChI=1S/C20H20Cl3N3O/c1-14-9-16(21)5-7-20(14)27-8-2-3-15(11-26-13-24-12-25-26)18-6-4-17(22)10-19(18)23/h4-7,9-10,12-13,15H,2-3,8,11H2,1H3. The molecule has 1 aromatic heterocycles. The number of aromatic nitrogens is 3. The van der Waals surface area contributed by atoms with Crippen molar-refractivity contribution in [3.8, 4) is 5.75 Å². The van der Waals surface area contributed by atoms with Crippen molar-refractivity contribution in [2.24, 2.45) is 0 Å². The van der Waals surface area contributed by atoms with Crippen molar-refractivity contribution in [2.45, 2.75) is 32.2 Å². The van der Waals surface area contributed by atoms with Crippen LogP contribution in [0.3, 0.4) is 0 Å². The zero-order valence-electron chi connectivity index (χ0n) is 14.9. The molecule has 1 heterocycles. The number of rotatable bonds is 8. The molecule has 1 unspecified atom stereocenters. The molecule has 27 heavy (non-hydrogen) atoms. The van der Waals surface area contributed by atoms with Crippen molar-refractivity contribution in [3.63, 3.8) is 0 Å². The Balaban J connectivity index is 1.64. The zero-order chi connectivity index (χ0) is 19.2. The van der Waals surface area contributed by atoms with Gasteiger partial charge in [-0.2, -0.15) is 5.10 Å². The van der Waals surface area contributed by atoms with Gasteiger partial charge in [-0.25, -0.2) is 4.98 Å². The summed E-state index contributed by atoms with van der Waals surface area (Å²) in [6, 6.07) is 11.3. The fraction of sp³-hybridized carbons (Fsp3) is 0.300.